The zero-order valence-corrected chi connectivity index (χ0v) is 8.43. The maximum atomic E-state index is 9.95. The highest BCUT2D eigenvalue weighted by molar-refractivity contribution is 4.91. The van der Waals surface area contributed by atoms with Gasteiger partial charge in [0, 0.05) is 0 Å². The smallest absolute Gasteiger partial charge is 0.184 e. The summed E-state index contributed by atoms with van der Waals surface area (Å²) in [6.45, 7) is 7.08. The van der Waals surface area contributed by atoms with Crippen LogP contribution >= 0.6 is 0 Å². The number of aliphatic hydroxyl groups is 1. The molecule has 3 heteroatoms. The van der Waals surface area contributed by atoms with Crippen LogP contribution in [0.4, 0.5) is 0 Å². The van der Waals surface area contributed by atoms with Crippen molar-refractivity contribution in [2.75, 3.05) is 6.61 Å². The third-order valence-corrected chi connectivity index (χ3v) is 3.37. The summed E-state index contributed by atoms with van der Waals surface area (Å²) in [6.07, 6.45) is -0.622. The second kappa shape index (κ2) is 3.23. The SMILES string of the molecule is CC(C)[C@@H]1[C@H](C)[C@H]2CO[C@H](O2)[C@H]1O. The number of rotatable bonds is 1. The molecule has 0 aromatic carbocycles. The van der Waals surface area contributed by atoms with E-state index in [0.717, 1.165) is 0 Å². The lowest BCUT2D eigenvalue weighted by Gasteiger charge is -2.39. The van der Waals surface area contributed by atoms with Gasteiger partial charge in [-0.3, -0.25) is 0 Å². The summed E-state index contributed by atoms with van der Waals surface area (Å²) in [5.41, 5.74) is 0. The van der Waals surface area contributed by atoms with Crippen molar-refractivity contribution in [3.8, 4) is 0 Å². The van der Waals surface area contributed by atoms with Crippen molar-refractivity contribution in [2.24, 2.45) is 17.8 Å². The van der Waals surface area contributed by atoms with E-state index in [1.54, 1.807) is 0 Å². The standard InChI is InChI=1S/C10H18O3/c1-5(2)8-6(3)7-4-12-10(13-7)9(8)11/h5-11H,4H2,1-3H3/t6-,7-,8-,9+,10-/m1/s1. The van der Waals surface area contributed by atoms with Crippen LogP contribution in [0.2, 0.25) is 0 Å². The van der Waals surface area contributed by atoms with Crippen molar-refractivity contribution in [1.82, 2.24) is 0 Å². The average molecular weight is 186 g/mol. The van der Waals surface area contributed by atoms with Gasteiger partial charge in [-0.05, 0) is 17.8 Å². The van der Waals surface area contributed by atoms with Crippen molar-refractivity contribution < 1.29 is 14.6 Å². The molecule has 0 aliphatic carbocycles. The van der Waals surface area contributed by atoms with Gasteiger partial charge in [0.05, 0.1) is 12.7 Å². The summed E-state index contributed by atoms with van der Waals surface area (Å²) in [5, 5.41) is 9.95. The molecule has 2 heterocycles. The fourth-order valence-corrected chi connectivity index (χ4v) is 2.64. The number of fused-ring (bicyclic) bond motifs is 2. The minimum absolute atomic E-state index is 0.195. The second-order valence-electron chi connectivity index (χ2n) is 4.55. The van der Waals surface area contributed by atoms with Crippen molar-refractivity contribution in [2.45, 2.75) is 39.3 Å². The van der Waals surface area contributed by atoms with E-state index >= 15 is 0 Å². The third-order valence-electron chi connectivity index (χ3n) is 3.37. The van der Waals surface area contributed by atoms with Gasteiger partial charge in [0.25, 0.3) is 0 Å². The summed E-state index contributed by atoms with van der Waals surface area (Å²) >= 11 is 0. The molecule has 2 saturated heterocycles. The number of aliphatic hydroxyl groups excluding tert-OH is 1. The van der Waals surface area contributed by atoms with Crippen LogP contribution in [0.5, 0.6) is 0 Å². The quantitative estimate of drug-likeness (QED) is 0.664. The van der Waals surface area contributed by atoms with Crippen molar-refractivity contribution in [3.63, 3.8) is 0 Å². The Hall–Kier alpha value is -0.120. The first-order valence-corrected chi connectivity index (χ1v) is 5.06. The van der Waals surface area contributed by atoms with Crippen LogP contribution < -0.4 is 0 Å². The highest BCUT2D eigenvalue weighted by Crippen LogP contribution is 2.39. The summed E-state index contributed by atoms with van der Waals surface area (Å²) in [5.74, 6) is 1.19. The summed E-state index contributed by atoms with van der Waals surface area (Å²) in [7, 11) is 0. The summed E-state index contributed by atoms with van der Waals surface area (Å²) < 4.78 is 10.9. The van der Waals surface area contributed by atoms with Gasteiger partial charge in [-0.25, -0.2) is 0 Å². The zero-order chi connectivity index (χ0) is 9.59. The van der Waals surface area contributed by atoms with Gasteiger partial charge in [0.1, 0.15) is 6.10 Å². The minimum Gasteiger partial charge on any atom is -0.388 e. The monoisotopic (exact) mass is 186 g/mol. The van der Waals surface area contributed by atoms with Crippen LogP contribution in [0.3, 0.4) is 0 Å². The largest absolute Gasteiger partial charge is 0.388 e. The average Bonchev–Trinajstić information content (AvgIpc) is 2.46. The Labute approximate surface area is 79.0 Å². The normalized spacial score (nSPS) is 50.1. The first-order valence-electron chi connectivity index (χ1n) is 5.06. The van der Waals surface area contributed by atoms with Gasteiger partial charge in [0.15, 0.2) is 6.29 Å². The van der Waals surface area contributed by atoms with Gasteiger partial charge < -0.3 is 14.6 Å². The van der Waals surface area contributed by atoms with Gasteiger partial charge >= 0.3 is 0 Å². The van der Waals surface area contributed by atoms with Crippen LogP contribution in [0.15, 0.2) is 0 Å². The Morgan fingerprint density at radius 2 is 2.08 bits per heavy atom. The first kappa shape index (κ1) is 9.44. The topological polar surface area (TPSA) is 38.7 Å². The van der Waals surface area contributed by atoms with Gasteiger partial charge in [-0.15, -0.1) is 0 Å². The molecule has 2 rings (SSSR count). The number of hydrogen-bond acceptors (Lipinski definition) is 3. The van der Waals surface area contributed by atoms with E-state index in [2.05, 4.69) is 20.8 Å². The van der Waals surface area contributed by atoms with Gasteiger partial charge in [-0.2, -0.15) is 0 Å². The maximum Gasteiger partial charge on any atom is 0.184 e. The third kappa shape index (κ3) is 1.39. The molecule has 5 atom stereocenters. The molecule has 2 fully saturated rings. The maximum absolute atomic E-state index is 9.95. The molecule has 2 aliphatic heterocycles. The highest BCUT2D eigenvalue weighted by atomic mass is 16.7. The Balaban J connectivity index is 2.17. The van der Waals surface area contributed by atoms with Gasteiger partial charge in [0.2, 0.25) is 0 Å². The molecule has 0 unspecified atom stereocenters. The number of ether oxygens (including phenoxy) is 2. The molecule has 0 amide bonds. The van der Waals surface area contributed by atoms with E-state index < -0.39 is 6.10 Å². The molecular weight excluding hydrogens is 168 g/mol. The molecule has 76 valence electrons. The molecule has 0 aromatic heterocycles. The molecule has 0 radical (unpaired) electrons. The Morgan fingerprint density at radius 3 is 2.69 bits per heavy atom. The van der Waals surface area contributed by atoms with Crippen molar-refractivity contribution in [1.29, 1.82) is 0 Å². The lowest BCUT2D eigenvalue weighted by atomic mass is 9.76. The fourth-order valence-electron chi connectivity index (χ4n) is 2.64. The Morgan fingerprint density at radius 1 is 1.38 bits per heavy atom. The molecule has 2 bridgehead atoms. The number of hydrogen-bond donors (Lipinski definition) is 1. The van der Waals surface area contributed by atoms with Crippen molar-refractivity contribution >= 4 is 0 Å². The van der Waals surface area contributed by atoms with E-state index in [1.165, 1.54) is 0 Å². The first-order chi connectivity index (χ1) is 6.11. The lowest BCUT2D eigenvalue weighted by Crippen LogP contribution is -2.47. The van der Waals surface area contributed by atoms with Crippen molar-refractivity contribution in [3.05, 3.63) is 0 Å². The zero-order valence-electron chi connectivity index (χ0n) is 8.43. The molecule has 0 saturated carbocycles. The predicted octanol–water partition coefficient (Wildman–Crippen LogP) is 1.01. The van der Waals surface area contributed by atoms with Crippen LogP contribution in [-0.4, -0.2) is 30.2 Å². The van der Waals surface area contributed by atoms with Crippen LogP contribution in [0, 0.1) is 17.8 Å². The predicted molar refractivity (Wildman–Crippen MR) is 48.1 cm³/mol. The molecule has 1 N–H and O–H groups in total. The van der Waals surface area contributed by atoms with Gasteiger partial charge in [-0.1, -0.05) is 20.8 Å². The Bertz CT molecular complexity index is 177. The summed E-state index contributed by atoms with van der Waals surface area (Å²) in [4.78, 5) is 0. The molecule has 2 aliphatic rings. The second-order valence-corrected chi connectivity index (χ2v) is 4.55. The molecule has 13 heavy (non-hydrogen) atoms. The lowest BCUT2D eigenvalue weighted by molar-refractivity contribution is -0.198. The molecule has 0 aromatic rings. The Kier molecular flexibility index (Phi) is 2.34. The molecule has 3 nitrogen and oxygen atoms in total. The van der Waals surface area contributed by atoms with E-state index in [0.29, 0.717) is 24.4 Å². The highest BCUT2D eigenvalue weighted by Gasteiger charge is 2.48. The minimum atomic E-state index is -0.450. The fraction of sp³-hybridized carbons (Fsp3) is 1.00. The van der Waals surface area contributed by atoms with E-state index in [4.69, 9.17) is 9.47 Å². The van der Waals surface area contributed by atoms with E-state index in [-0.39, 0.29) is 12.4 Å². The molecular formula is C10H18O3. The van der Waals surface area contributed by atoms with E-state index in [9.17, 15) is 5.11 Å². The van der Waals surface area contributed by atoms with E-state index in [1.807, 2.05) is 0 Å². The van der Waals surface area contributed by atoms with Crippen LogP contribution in [-0.2, 0) is 9.47 Å². The van der Waals surface area contributed by atoms with Crippen LogP contribution in [0.25, 0.3) is 0 Å². The summed E-state index contributed by atoms with van der Waals surface area (Å²) in [6, 6.07) is 0. The molecule has 0 spiro atoms. The van der Waals surface area contributed by atoms with Crippen LogP contribution in [0.1, 0.15) is 20.8 Å².